The molecule has 0 aromatic rings. The molecule has 0 amide bonds. The Morgan fingerprint density at radius 1 is 1.22 bits per heavy atom. The Labute approximate surface area is 94.5 Å². The van der Waals surface area contributed by atoms with Crippen LogP contribution in [0.25, 0.3) is 0 Å². The van der Waals surface area contributed by atoms with E-state index in [1.165, 1.54) is 0 Å². The van der Waals surface area contributed by atoms with Crippen LogP contribution >= 0.6 is 0 Å². The summed E-state index contributed by atoms with van der Waals surface area (Å²) in [7, 11) is -5.17. The summed E-state index contributed by atoms with van der Waals surface area (Å²) in [5.74, 6) is 0. The van der Waals surface area contributed by atoms with Crippen molar-refractivity contribution in [3.63, 3.8) is 0 Å². The molecule has 0 radical (unpaired) electrons. The quantitative estimate of drug-likeness (QED) is 0.328. The molecule has 0 rings (SSSR count). The van der Waals surface area contributed by atoms with E-state index in [1.807, 2.05) is 0 Å². The van der Waals surface area contributed by atoms with E-state index in [0.717, 1.165) is 0 Å². The minimum absolute atomic E-state index is 0. The Bertz CT molecular complexity index is 113. The predicted octanol–water partition coefficient (Wildman–Crippen LogP) is -0.881. The van der Waals surface area contributed by atoms with E-state index in [0.29, 0.717) is 0 Å². The molecular formula is F2NiO4SSr. The summed E-state index contributed by atoms with van der Waals surface area (Å²) in [6.07, 6.45) is 0. The summed E-state index contributed by atoms with van der Waals surface area (Å²) in [4.78, 5) is 0. The van der Waals surface area contributed by atoms with Crippen molar-refractivity contribution in [2.45, 2.75) is 0 Å². The Balaban J connectivity index is -0.0000000800. The summed E-state index contributed by atoms with van der Waals surface area (Å²) in [6.45, 7) is 0. The van der Waals surface area contributed by atoms with E-state index in [2.05, 4.69) is 0 Å². The first-order valence-electron chi connectivity index (χ1n) is 0.906. The predicted molar refractivity (Wildman–Crippen MR) is 18.4 cm³/mol. The van der Waals surface area contributed by atoms with Crippen LogP contribution in [0.5, 0.6) is 0 Å². The molecule has 0 aliphatic heterocycles. The van der Waals surface area contributed by atoms with E-state index in [9.17, 15) is 7.21 Å². The second-order valence-corrected chi connectivity index (χ2v) is 1.41. The van der Waals surface area contributed by atoms with Gasteiger partial charge in [-0.15, -0.1) is 0 Å². The number of halogens is 2. The number of hydrogen-bond acceptors (Lipinski definition) is 4. The third-order valence-electron chi connectivity index (χ3n) is 0. The van der Waals surface area contributed by atoms with Crippen molar-refractivity contribution in [3.05, 3.63) is 0 Å². The van der Waals surface area contributed by atoms with Gasteiger partial charge in [0.2, 0.25) is 0 Å². The minimum Gasteiger partial charge on any atom is 2.00 e. The minimum atomic E-state index is -5.17. The average molecular weight is 280 g/mol. The van der Waals surface area contributed by atoms with E-state index < -0.39 is 25.7 Å². The second-order valence-electron chi connectivity index (χ2n) is 0.453. The van der Waals surface area contributed by atoms with Crippen molar-refractivity contribution < 1.29 is 40.1 Å². The van der Waals surface area contributed by atoms with Crippen LogP contribution in [0, 0.1) is 0 Å². The van der Waals surface area contributed by atoms with E-state index in [1.54, 1.807) is 0 Å². The molecule has 0 saturated heterocycles. The molecule has 0 saturated carbocycles. The van der Waals surface area contributed by atoms with Crippen molar-refractivity contribution in [1.82, 2.24) is 0 Å². The SMILES string of the molecule is O=S(=O)([O-])[O-].[F][Ni][F].[Sr+2]. The molecule has 0 atom stereocenters. The van der Waals surface area contributed by atoms with Crippen molar-refractivity contribution in [2.75, 3.05) is 0 Å². The van der Waals surface area contributed by atoms with E-state index in [-0.39, 0.29) is 45.5 Å². The van der Waals surface area contributed by atoms with Crippen LogP contribution in [0.4, 0.5) is 7.21 Å². The molecule has 0 N–H and O–H groups in total. The monoisotopic (exact) mass is 280 g/mol. The van der Waals surface area contributed by atoms with Gasteiger partial charge in [0.1, 0.15) is 0 Å². The van der Waals surface area contributed by atoms with Crippen LogP contribution in [0.2, 0.25) is 0 Å². The van der Waals surface area contributed by atoms with E-state index in [4.69, 9.17) is 17.5 Å². The fourth-order valence-corrected chi connectivity index (χ4v) is 0. The molecule has 4 nitrogen and oxygen atoms in total. The van der Waals surface area contributed by atoms with Crippen LogP contribution in [-0.2, 0) is 25.7 Å². The smallest absolute Gasteiger partial charge is 2.00 e. The van der Waals surface area contributed by atoms with Gasteiger partial charge in [-0.05, 0) is 0 Å². The zero-order chi connectivity index (χ0) is 7.21. The van der Waals surface area contributed by atoms with Crippen molar-refractivity contribution in [3.8, 4) is 0 Å². The molecule has 9 heavy (non-hydrogen) atoms. The van der Waals surface area contributed by atoms with Crippen LogP contribution in [0.3, 0.4) is 0 Å². The molecule has 0 spiro atoms. The van der Waals surface area contributed by atoms with Gasteiger partial charge in [-0.2, -0.15) is 0 Å². The van der Waals surface area contributed by atoms with Gasteiger partial charge in [0.05, 0.1) is 0 Å². The normalized spacial score (nSPS) is 8.89. The fraction of sp³-hybridized carbons (Fsp3) is 0. The van der Waals surface area contributed by atoms with Crippen molar-refractivity contribution >= 4 is 55.9 Å². The molecule has 9 heteroatoms. The van der Waals surface area contributed by atoms with Gasteiger partial charge in [-0.25, -0.2) is 0 Å². The zero-order valence-electron chi connectivity index (χ0n) is 3.82. The van der Waals surface area contributed by atoms with Crippen LogP contribution in [0.1, 0.15) is 0 Å². The maximum absolute atomic E-state index is 9.56. The van der Waals surface area contributed by atoms with Gasteiger partial charge in [-0.1, -0.05) is 0 Å². The Kier molecular flexibility index (Phi) is 18.3. The first-order valence-corrected chi connectivity index (χ1v) is 2.99. The van der Waals surface area contributed by atoms with Crippen molar-refractivity contribution in [1.29, 1.82) is 0 Å². The molecule has 0 unspecified atom stereocenters. The fourth-order valence-electron chi connectivity index (χ4n) is 0. The average Bonchev–Trinajstić information content (AvgIpc) is 1.27. The molecule has 0 aliphatic carbocycles. The number of rotatable bonds is 0. The van der Waals surface area contributed by atoms with Crippen LogP contribution in [0.15, 0.2) is 0 Å². The first kappa shape index (κ1) is 17.0. The van der Waals surface area contributed by atoms with Gasteiger partial charge in [0, 0.05) is 10.4 Å². The van der Waals surface area contributed by atoms with Gasteiger partial charge in [0.25, 0.3) is 0 Å². The molecule has 56 valence electrons. The maximum Gasteiger partial charge on any atom is 2.00 e. The molecule has 0 fully saturated rings. The topological polar surface area (TPSA) is 80.3 Å². The van der Waals surface area contributed by atoms with Gasteiger partial charge < -0.3 is 9.11 Å². The molecule has 0 aromatic carbocycles. The summed E-state index contributed by atoms with van der Waals surface area (Å²) in [5.41, 5.74) is 0. The molecule has 0 aliphatic rings. The van der Waals surface area contributed by atoms with Gasteiger partial charge in [-0.3, -0.25) is 8.42 Å². The third-order valence-corrected chi connectivity index (χ3v) is 0. The van der Waals surface area contributed by atoms with E-state index >= 15 is 0 Å². The largest absolute Gasteiger partial charge is 2.00 e. The van der Waals surface area contributed by atoms with Crippen molar-refractivity contribution in [2.24, 2.45) is 0 Å². The third kappa shape index (κ3) is 198. The summed E-state index contributed by atoms with van der Waals surface area (Å²) < 4.78 is 53.2. The molecule has 0 heterocycles. The maximum atomic E-state index is 9.56. The Hall–Kier alpha value is 1.70. The first-order chi connectivity index (χ1) is 3.41. The van der Waals surface area contributed by atoms with Gasteiger partial charge >= 0.3 is 68.0 Å². The number of hydrogen-bond donors (Lipinski definition) is 0. The zero-order valence-corrected chi connectivity index (χ0v) is 9.10. The Morgan fingerprint density at radius 2 is 1.22 bits per heavy atom. The second kappa shape index (κ2) is 9.70. The van der Waals surface area contributed by atoms with Gasteiger partial charge in [0.15, 0.2) is 0 Å². The molecular weight excluding hydrogens is 280 g/mol. The summed E-state index contributed by atoms with van der Waals surface area (Å²) >= 11 is -1.38. The summed E-state index contributed by atoms with van der Waals surface area (Å²) in [6, 6.07) is 0. The standard InChI is InChI=1S/2FH.Ni.H2O4S.Sr/c;;;1-5(2,3)4;/h2*1H;;(H2,1,2,3,4);/q;;+2;;+2/p-4. The molecule has 0 aromatic heterocycles. The van der Waals surface area contributed by atoms with Crippen LogP contribution in [-0.4, -0.2) is 63.0 Å². The van der Waals surface area contributed by atoms with Crippen LogP contribution < -0.4 is 0 Å². The molecule has 0 bridgehead atoms. The summed E-state index contributed by atoms with van der Waals surface area (Å²) in [5, 5.41) is 0. The Morgan fingerprint density at radius 3 is 1.22 bits per heavy atom.